The lowest BCUT2D eigenvalue weighted by molar-refractivity contribution is -0.142. The molecule has 1 atom stereocenters. The number of amides is 1. The largest absolute Gasteiger partial charge is 0.497 e. The highest BCUT2D eigenvalue weighted by atomic mass is 16.7. The summed E-state index contributed by atoms with van der Waals surface area (Å²) in [6.45, 7) is 0.745. The van der Waals surface area contributed by atoms with E-state index >= 15 is 0 Å². The molecule has 130 valence electrons. The van der Waals surface area contributed by atoms with Crippen LogP contribution < -0.4 is 14.2 Å². The molecule has 1 saturated heterocycles. The maximum absolute atomic E-state index is 12.7. The Balaban J connectivity index is 1.47. The zero-order valence-corrected chi connectivity index (χ0v) is 13.8. The maximum atomic E-state index is 12.7. The van der Waals surface area contributed by atoms with Gasteiger partial charge in [-0.05, 0) is 29.8 Å². The van der Waals surface area contributed by atoms with Gasteiger partial charge in [0.25, 0.3) is 11.7 Å². The maximum Gasteiger partial charge on any atom is 0.270 e. The second kappa shape index (κ2) is 5.97. The highest BCUT2D eigenvalue weighted by molar-refractivity contribution is 5.82. The van der Waals surface area contributed by atoms with Crippen LogP contribution >= 0.6 is 0 Å². The van der Waals surface area contributed by atoms with E-state index in [2.05, 4.69) is 0 Å². The molecule has 0 aliphatic carbocycles. The molecule has 2 aromatic carbocycles. The molecule has 6 heteroatoms. The normalized spacial score (nSPS) is 18.4. The Labute approximate surface area is 145 Å². The van der Waals surface area contributed by atoms with E-state index in [4.69, 9.17) is 14.2 Å². The quantitative estimate of drug-likeness (QED) is 0.926. The molecule has 0 aromatic heterocycles. The van der Waals surface area contributed by atoms with Crippen LogP contribution in [-0.4, -0.2) is 41.9 Å². The molecule has 0 saturated carbocycles. The molecule has 2 aromatic rings. The van der Waals surface area contributed by atoms with Gasteiger partial charge in [0.1, 0.15) is 5.75 Å². The van der Waals surface area contributed by atoms with Crippen molar-refractivity contribution in [3.05, 3.63) is 54.1 Å². The zero-order valence-electron chi connectivity index (χ0n) is 13.8. The number of hydrogen-bond acceptors (Lipinski definition) is 5. The monoisotopic (exact) mass is 341 g/mol. The van der Waals surface area contributed by atoms with Crippen molar-refractivity contribution in [1.82, 2.24) is 4.90 Å². The van der Waals surface area contributed by atoms with E-state index in [1.165, 1.54) is 0 Å². The van der Waals surface area contributed by atoms with Crippen LogP contribution in [-0.2, 0) is 4.79 Å². The van der Waals surface area contributed by atoms with Gasteiger partial charge >= 0.3 is 0 Å². The number of carbonyl (C=O) groups excluding carboxylic acids is 1. The number of carbonyl (C=O) groups is 1. The third-order valence-electron chi connectivity index (χ3n) is 4.59. The molecule has 2 heterocycles. The number of hydrogen-bond donors (Lipinski definition) is 1. The molecule has 1 unspecified atom stereocenters. The number of aliphatic hydroxyl groups is 1. The van der Waals surface area contributed by atoms with E-state index in [0.29, 0.717) is 35.8 Å². The fourth-order valence-corrected chi connectivity index (χ4v) is 3.28. The van der Waals surface area contributed by atoms with Crippen molar-refractivity contribution in [1.29, 1.82) is 0 Å². The van der Waals surface area contributed by atoms with Gasteiger partial charge in [0.15, 0.2) is 17.6 Å². The predicted octanol–water partition coefficient (Wildman–Crippen LogP) is 2.13. The first-order valence-electron chi connectivity index (χ1n) is 8.18. The number of fused-ring (bicyclic) bond motifs is 1. The SMILES string of the molecule is COc1cccc(C(O)C(=O)N2CCC3(C2)Oc2ccccc2O3)c1. The molecule has 6 nitrogen and oxygen atoms in total. The highest BCUT2D eigenvalue weighted by Crippen LogP contribution is 2.43. The highest BCUT2D eigenvalue weighted by Gasteiger charge is 2.49. The molecule has 4 rings (SSSR count). The first-order chi connectivity index (χ1) is 12.1. The topological polar surface area (TPSA) is 68.2 Å². The van der Waals surface area contributed by atoms with Gasteiger partial charge in [-0.2, -0.15) is 0 Å². The molecule has 1 N–H and O–H groups in total. The number of methoxy groups -OCH3 is 1. The molecule has 0 bridgehead atoms. The average Bonchev–Trinajstić information content (AvgIpc) is 3.23. The van der Waals surface area contributed by atoms with Gasteiger partial charge in [-0.25, -0.2) is 0 Å². The lowest BCUT2D eigenvalue weighted by atomic mass is 10.1. The van der Waals surface area contributed by atoms with Crippen LogP contribution in [0.1, 0.15) is 18.1 Å². The van der Waals surface area contributed by atoms with E-state index in [-0.39, 0.29) is 12.5 Å². The third kappa shape index (κ3) is 2.78. The summed E-state index contributed by atoms with van der Waals surface area (Å²) in [6, 6.07) is 14.3. The van der Waals surface area contributed by atoms with Gasteiger partial charge in [-0.15, -0.1) is 0 Å². The molecule has 1 amide bonds. The Kier molecular flexibility index (Phi) is 3.77. The van der Waals surface area contributed by atoms with Crippen molar-refractivity contribution < 1.29 is 24.1 Å². The van der Waals surface area contributed by atoms with Crippen molar-refractivity contribution in [2.75, 3.05) is 20.2 Å². The molecule has 1 fully saturated rings. The van der Waals surface area contributed by atoms with Crippen LogP contribution in [0.2, 0.25) is 0 Å². The summed E-state index contributed by atoms with van der Waals surface area (Å²) in [7, 11) is 1.55. The van der Waals surface area contributed by atoms with Crippen molar-refractivity contribution in [2.24, 2.45) is 0 Å². The molecule has 1 spiro atoms. The van der Waals surface area contributed by atoms with E-state index in [1.807, 2.05) is 24.3 Å². The fraction of sp³-hybridized carbons (Fsp3) is 0.316. The Bertz CT molecular complexity index is 781. The average molecular weight is 341 g/mol. The fourth-order valence-electron chi connectivity index (χ4n) is 3.28. The third-order valence-corrected chi connectivity index (χ3v) is 4.59. The van der Waals surface area contributed by atoms with E-state index in [0.717, 1.165) is 0 Å². The van der Waals surface area contributed by atoms with Crippen molar-refractivity contribution >= 4 is 5.91 Å². The minimum atomic E-state index is -1.24. The van der Waals surface area contributed by atoms with Crippen LogP contribution in [0.25, 0.3) is 0 Å². The second-order valence-electron chi connectivity index (χ2n) is 6.25. The minimum absolute atomic E-state index is 0.279. The Morgan fingerprint density at radius 1 is 1.20 bits per heavy atom. The minimum Gasteiger partial charge on any atom is -0.497 e. The standard InChI is InChI=1S/C19H19NO5/c1-23-14-6-4-5-13(11-14)17(21)18(22)20-10-9-19(12-20)24-15-7-2-3-8-16(15)25-19/h2-8,11,17,21H,9-10,12H2,1H3. The van der Waals surface area contributed by atoms with Gasteiger partial charge in [-0.3, -0.25) is 4.79 Å². The number of likely N-dealkylation sites (tertiary alicyclic amines) is 1. The van der Waals surface area contributed by atoms with Gasteiger partial charge in [0, 0.05) is 13.0 Å². The predicted molar refractivity (Wildman–Crippen MR) is 89.6 cm³/mol. The molecule has 2 aliphatic rings. The summed E-state index contributed by atoms with van der Waals surface area (Å²) in [6.07, 6.45) is -0.688. The molecule has 2 aliphatic heterocycles. The summed E-state index contributed by atoms with van der Waals surface area (Å²) in [5.41, 5.74) is 0.502. The molecular weight excluding hydrogens is 322 g/mol. The first kappa shape index (κ1) is 15.8. The second-order valence-corrected chi connectivity index (χ2v) is 6.25. The van der Waals surface area contributed by atoms with Crippen molar-refractivity contribution in [3.8, 4) is 17.2 Å². The van der Waals surface area contributed by atoms with Crippen LogP contribution in [0.15, 0.2) is 48.5 Å². The number of rotatable bonds is 3. The molecule has 25 heavy (non-hydrogen) atoms. The molecular formula is C19H19NO5. The Hall–Kier alpha value is -2.73. The lowest BCUT2D eigenvalue weighted by Gasteiger charge is -2.24. The van der Waals surface area contributed by atoms with Crippen LogP contribution in [0.5, 0.6) is 17.2 Å². The number of aliphatic hydroxyl groups excluding tert-OH is 1. The van der Waals surface area contributed by atoms with Crippen LogP contribution in [0, 0.1) is 0 Å². The van der Waals surface area contributed by atoms with Crippen LogP contribution in [0.3, 0.4) is 0 Å². The van der Waals surface area contributed by atoms with Crippen molar-refractivity contribution in [3.63, 3.8) is 0 Å². The lowest BCUT2D eigenvalue weighted by Crippen LogP contribution is -2.43. The zero-order chi connectivity index (χ0) is 17.4. The summed E-state index contributed by atoms with van der Waals surface area (Å²) < 4.78 is 17.0. The van der Waals surface area contributed by atoms with E-state index in [9.17, 15) is 9.90 Å². The van der Waals surface area contributed by atoms with Gasteiger partial charge in [-0.1, -0.05) is 24.3 Å². The number of ether oxygens (including phenoxy) is 3. The number of benzene rings is 2. The molecule has 0 radical (unpaired) electrons. The summed E-state index contributed by atoms with van der Waals surface area (Å²) >= 11 is 0. The van der Waals surface area contributed by atoms with Gasteiger partial charge in [0.2, 0.25) is 0 Å². The van der Waals surface area contributed by atoms with E-state index in [1.54, 1.807) is 36.3 Å². The Morgan fingerprint density at radius 3 is 2.60 bits per heavy atom. The number of nitrogens with zero attached hydrogens (tertiary/aromatic N) is 1. The summed E-state index contributed by atoms with van der Waals surface area (Å²) in [5.74, 6) is 0.747. The Morgan fingerprint density at radius 2 is 1.92 bits per heavy atom. The smallest absolute Gasteiger partial charge is 0.270 e. The van der Waals surface area contributed by atoms with Crippen LogP contribution in [0.4, 0.5) is 0 Å². The van der Waals surface area contributed by atoms with Crippen molar-refractivity contribution in [2.45, 2.75) is 18.3 Å². The van der Waals surface area contributed by atoms with Gasteiger partial charge in [0.05, 0.1) is 13.7 Å². The summed E-state index contributed by atoms with van der Waals surface area (Å²) in [4.78, 5) is 14.3. The first-order valence-corrected chi connectivity index (χ1v) is 8.18. The number of para-hydroxylation sites is 2. The summed E-state index contributed by atoms with van der Waals surface area (Å²) in [5, 5.41) is 10.4. The van der Waals surface area contributed by atoms with E-state index < -0.39 is 11.9 Å². The van der Waals surface area contributed by atoms with Gasteiger partial charge < -0.3 is 24.2 Å².